The van der Waals surface area contributed by atoms with Gasteiger partial charge in [-0.05, 0) is 20.0 Å². The van der Waals surface area contributed by atoms with Crippen LogP contribution in [0.25, 0.3) is 0 Å². The third-order valence-corrected chi connectivity index (χ3v) is 2.21. The van der Waals surface area contributed by atoms with Crippen LogP contribution in [-0.2, 0) is 4.74 Å². The molecule has 1 saturated heterocycles. The normalized spacial score (nSPS) is 21.8. The predicted octanol–water partition coefficient (Wildman–Crippen LogP) is 1.63. The van der Waals surface area contributed by atoms with Crippen molar-refractivity contribution in [2.24, 2.45) is 0 Å². The van der Waals surface area contributed by atoms with Crippen molar-refractivity contribution in [2.75, 3.05) is 19.7 Å². The Hall–Kier alpha value is -0.570. The van der Waals surface area contributed by atoms with Crippen LogP contribution in [0.5, 0.6) is 0 Å². The van der Waals surface area contributed by atoms with Gasteiger partial charge in [-0.1, -0.05) is 6.58 Å². The Morgan fingerprint density at radius 2 is 2.17 bits per heavy atom. The lowest BCUT2D eigenvalue weighted by molar-refractivity contribution is 0.0663. The van der Waals surface area contributed by atoms with Gasteiger partial charge in [-0.15, -0.1) is 0 Å². The van der Waals surface area contributed by atoms with Crippen molar-refractivity contribution in [1.29, 1.82) is 0 Å². The third kappa shape index (κ3) is 1.97. The molecule has 70 valence electrons. The molecule has 1 aliphatic rings. The summed E-state index contributed by atoms with van der Waals surface area (Å²) < 4.78 is 19.0. The Bertz CT molecular complexity index is 164. The van der Waals surface area contributed by atoms with Crippen LogP contribution in [0.3, 0.4) is 0 Å². The van der Waals surface area contributed by atoms with Crippen molar-refractivity contribution >= 4 is 0 Å². The topological polar surface area (TPSA) is 21.3 Å². The molecule has 0 radical (unpaired) electrons. The SMILES string of the molecule is C=C(OCC)C1(F)CCNCC1. The highest BCUT2D eigenvalue weighted by molar-refractivity contribution is 5.07. The number of nitrogens with one attached hydrogen (secondary N) is 1. The summed E-state index contributed by atoms with van der Waals surface area (Å²) in [6, 6.07) is 0. The average Bonchev–Trinajstić information content (AvgIpc) is 2.06. The van der Waals surface area contributed by atoms with Gasteiger partial charge in [-0.3, -0.25) is 0 Å². The van der Waals surface area contributed by atoms with Crippen LogP contribution in [0, 0.1) is 0 Å². The highest BCUT2D eigenvalue weighted by atomic mass is 19.1. The molecule has 1 heterocycles. The van der Waals surface area contributed by atoms with Crippen LogP contribution >= 0.6 is 0 Å². The molecule has 1 N–H and O–H groups in total. The van der Waals surface area contributed by atoms with Gasteiger partial charge in [-0.2, -0.15) is 0 Å². The van der Waals surface area contributed by atoms with Gasteiger partial charge in [0.25, 0.3) is 0 Å². The quantitative estimate of drug-likeness (QED) is 0.655. The number of rotatable bonds is 3. The molecule has 1 rings (SSSR count). The highest BCUT2D eigenvalue weighted by Crippen LogP contribution is 2.30. The largest absolute Gasteiger partial charge is 0.495 e. The van der Waals surface area contributed by atoms with Crippen LogP contribution < -0.4 is 5.32 Å². The van der Waals surface area contributed by atoms with Crippen LogP contribution in [0.4, 0.5) is 4.39 Å². The van der Waals surface area contributed by atoms with E-state index in [2.05, 4.69) is 11.9 Å². The number of piperidine rings is 1. The lowest BCUT2D eigenvalue weighted by atomic mass is 9.93. The Morgan fingerprint density at radius 1 is 1.58 bits per heavy atom. The van der Waals surface area contributed by atoms with E-state index in [0.717, 1.165) is 0 Å². The van der Waals surface area contributed by atoms with E-state index in [0.29, 0.717) is 38.3 Å². The molecule has 0 amide bonds. The monoisotopic (exact) mass is 173 g/mol. The molecule has 0 aliphatic carbocycles. The van der Waals surface area contributed by atoms with E-state index in [4.69, 9.17) is 4.74 Å². The van der Waals surface area contributed by atoms with Gasteiger partial charge >= 0.3 is 0 Å². The van der Waals surface area contributed by atoms with Crippen LogP contribution in [0.15, 0.2) is 12.3 Å². The smallest absolute Gasteiger partial charge is 0.169 e. The predicted molar refractivity (Wildman–Crippen MR) is 46.7 cm³/mol. The van der Waals surface area contributed by atoms with Crippen molar-refractivity contribution in [3.05, 3.63) is 12.3 Å². The first kappa shape index (κ1) is 9.52. The molecule has 0 aromatic carbocycles. The van der Waals surface area contributed by atoms with Gasteiger partial charge < -0.3 is 10.1 Å². The molecule has 0 bridgehead atoms. The van der Waals surface area contributed by atoms with E-state index in [1.807, 2.05) is 6.92 Å². The molecule has 1 aliphatic heterocycles. The summed E-state index contributed by atoms with van der Waals surface area (Å²) in [5.41, 5.74) is -1.29. The lowest BCUT2D eigenvalue weighted by Gasteiger charge is -2.31. The van der Waals surface area contributed by atoms with E-state index in [1.165, 1.54) is 0 Å². The van der Waals surface area contributed by atoms with Gasteiger partial charge in [-0.25, -0.2) is 4.39 Å². The van der Waals surface area contributed by atoms with E-state index >= 15 is 0 Å². The van der Waals surface area contributed by atoms with Gasteiger partial charge in [0.2, 0.25) is 0 Å². The number of allylic oxidation sites excluding steroid dienone is 1. The Balaban J connectivity index is 2.50. The molecule has 1 fully saturated rings. The molecule has 0 unspecified atom stereocenters. The lowest BCUT2D eigenvalue weighted by Crippen LogP contribution is -2.40. The number of hydrogen-bond donors (Lipinski definition) is 1. The Morgan fingerprint density at radius 3 is 2.67 bits per heavy atom. The molecule has 0 aromatic heterocycles. The Kier molecular flexibility index (Phi) is 3.09. The first-order chi connectivity index (χ1) is 5.69. The summed E-state index contributed by atoms with van der Waals surface area (Å²) in [5.74, 6) is 0.298. The molecular formula is C9H16FNO. The summed E-state index contributed by atoms with van der Waals surface area (Å²) >= 11 is 0. The summed E-state index contributed by atoms with van der Waals surface area (Å²) in [4.78, 5) is 0. The zero-order valence-corrected chi connectivity index (χ0v) is 7.53. The summed E-state index contributed by atoms with van der Waals surface area (Å²) in [7, 11) is 0. The molecule has 0 saturated carbocycles. The third-order valence-electron chi connectivity index (χ3n) is 2.21. The maximum absolute atomic E-state index is 13.9. The number of ether oxygens (including phenoxy) is 1. The summed E-state index contributed by atoms with van der Waals surface area (Å²) in [6.07, 6.45) is 0.956. The second-order valence-corrected chi connectivity index (χ2v) is 3.07. The van der Waals surface area contributed by atoms with Gasteiger partial charge in [0.15, 0.2) is 5.67 Å². The van der Waals surface area contributed by atoms with E-state index in [1.54, 1.807) is 0 Å². The average molecular weight is 173 g/mol. The highest BCUT2D eigenvalue weighted by Gasteiger charge is 2.35. The number of alkyl halides is 1. The van der Waals surface area contributed by atoms with Gasteiger partial charge in [0.05, 0.1) is 6.61 Å². The van der Waals surface area contributed by atoms with Crippen molar-refractivity contribution < 1.29 is 9.13 Å². The molecule has 3 heteroatoms. The van der Waals surface area contributed by atoms with Crippen molar-refractivity contribution in [3.8, 4) is 0 Å². The second-order valence-electron chi connectivity index (χ2n) is 3.07. The first-order valence-electron chi connectivity index (χ1n) is 4.41. The zero-order chi connectivity index (χ0) is 9.03. The van der Waals surface area contributed by atoms with Crippen LogP contribution in [-0.4, -0.2) is 25.4 Å². The Labute approximate surface area is 72.8 Å². The molecular weight excluding hydrogens is 157 g/mol. The van der Waals surface area contributed by atoms with E-state index in [9.17, 15) is 4.39 Å². The van der Waals surface area contributed by atoms with Crippen molar-refractivity contribution in [2.45, 2.75) is 25.4 Å². The molecule has 0 spiro atoms. The van der Waals surface area contributed by atoms with E-state index in [-0.39, 0.29) is 0 Å². The fourth-order valence-electron chi connectivity index (χ4n) is 1.41. The minimum atomic E-state index is -1.29. The summed E-state index contributed by atoms with van der Waals surface area (Å²) in [6.45, 7) is 7.38. The standard InChI is InChI=1S/C9H16FNO/c1-3-12-8(2)9(10)4-6-11-7-5-9/h11H,2-7H2,1H3. The van der Waals surface area contributed by atoms with E-state index < -0.39 is 5.67 Å². The van der Waals surface area contributed by atoms with Crippen molar-refractivity contribution in [3.63, 3.8) is 0 Å². The molecule has 0 atom stereocenters. The fourth-order valence-corrected chi connectivity index (χ4v) is 1.41. The first-order valence-corrected chi connectivity index (χ1v) is 4.41. The molecule has 2 nitrogen and oxygen atoms in total. The molecule has 12 heavy (non-hydrogen) atoms. The minimum Gasteiger partial charge on any atom is -0.495 e. The maximum Gasteiger partial charge on any atom is 0.169 e. The minimum absolute atomic E-state index is 0.298. The number of halogens is 1. The fraction of sp³-hybridized carbons (Fsp3) is 0.778. The zero-order valence-electron chi connectivity index (χ0n) is 7.53. The second kappa shape index (κ2) is 3.90. The van der Waals surface area contributed by atoms with Gasteiger partial charge in [0, 0.05) is 12.8 Å². The molecule has 0 aromatic rings. The van der Waals surface area contributed by atoms with Crippen LogP contribution in [0.1, 0.15) is 19.8 Å². The van der Waals surface area contributed by atoms with Crippen molar-refractivity contribution in [1.82, 2.24) is 5.32 Å². The maximum atomic E-state index is 13.9. The van der Waals surface area contributed by atoms with Gasteiger partial charge in [0.1, 0.15) is 5.76 Å². The van der Waals surface area contributed by atoms with Crippen LogP contribution in [0.2, 0.25) is 0 Å². The number of hydrogen-bond acceptors (Lipinski definition) is 2. The summed E-state index contributed by atoms with van der Waals surface area (Å²) in [5, 5.41) is 3.10.